The van der Waals surface area contributed by atoms with E-state index in [0.717, 1.165) is 36.8 Å². The molecule has 0 unspecified atom stereocenters. The number of nitrogens with two attached hydrogens (primary N) is 1. The molecule has 1 aliphatic rings. The zero-order chi connectivity index (χ0) is 11.8. The van der Waals surface area contributed by atoms with Gasteiger partial charge in [-0.05, 0) is 31.4 Å². The Balaban J connectivity index is 2.49. The number of rotatable bonds is 1. The van der Waals surface area contributed by atoms with Crippen LogP contribution in [0.2, 0.25) is 5.02 Å². The molecule has 1 fully saturated rings. The van der Waals surface area contributed by atoms with Gasteiger partial charge in [-0.2, -0.15) is 0 Å². The lowest BCUT2D eigenvalue weighted by Crippen LogP contribution is -2.39. The van der Waals surface area contributed by atoms with Crippen LogP contribution in [0.25, 0.3) is 0 Å². The molecule has 16 heavy (non-hydrogen) atoms. The highest BCUT2D eigenvalue weighted by atomic mass is 35.5. The number of benzene rings is 1. The lowest BCUT2D eigenvalue weighted by atomic mass is 9.76. The summed E-state index contributed by atoms with van der Waals surface area (Å²) in [5.74, 6) is 0.275. The maximum absolute atomic E-state index is 10.1. The van der Waals surface area contributed by atoms with Crippen molar-refractivity contribution in [1.29, 1.82) is 0 Å². The molecule has 3 heteroatoms. The molecular formula is C13H18ClNO. The zero-order valence-electron chi connectivity index (χ0n) is 9.59. The van der Waals surface area contributed by atoms with Gasteiger partial charge in [0.15, 0.2) is 0 Å². The largest absolute Gasteiger partial charge is 0.507 e. The number of phenols is 1. The van der Waals surface area contributed by atoms with Gasteiger partial charge in [0.2, 0.25) is 0 Å². The van der Waals surface area contributed by atoms with E-state index in [1.165, 1.54) is 6.42 Å². The monoisotopic (exact) mass is 239 g/mol. The molecule has 88 valence electrons. The van der Waals surface area contributed by atoms with Crippen LogP contribution in [0.4, 0.5) is 0 Å². The lowest BCUT2D eigenvalue weighted by Gasteiger charge is -2.35. The molecule has 1 aromatic rings. The van der Waals surface area contributed by atoms with E-state index in [0.29, 0.717) is 5.02 Å². The average molecular weight is 240 g/mol. The first-order valence-electron chi connectivity index (χ1n) is 5.82. The molecule has 0 atom stereocenters. The molecule has 0 amide bonds. The second-order valence-corrected chi connectivity index (χ2v) is 5.21. The van der Waals surface area contributed by atoms with Crippen LogP contribution in [0, 0.1) is 6.92 Å². The van der Waals surface area contributed by atoms with E-state index >= 15 is 0 Å². The number of halogens is 1. The van der Waals surface area contributed by atoms with Crippen LogP contribution in [0.15, 0.2) is 12.1 Å². The number of hydrogen-bond acceptors (Lipinski definition) is 2. The fourth-order valence-corrected chi connectivity index (χ4v) is 2.92. The van der Waals surface area contributed by atoms with E-state index in [9.17, 15) is 5.11 Å². The molecule has 1 aliphatic carbocycles. The van der Waals surface area contributed by atoms with Gasteiger partial charge in [0.1, 0.15) is 5.75 Å². The van der Waals surface area contributed by atoms with Crippen molar-refractivity contribution in [2.24, 2.45) is 5.73 Å². The highest BCUT2D eigenvalue weighted by Crippen LogP contribution is 2.43. The van der Waals surface area contributed by atoms with E-state index < -0.39 is 5.54 Å². The summed E-state index contributed by atoms with van der Waals surface area (Å²) in [6.07, 6.45) is 5.26. The molecule has 1 aromatic carbocycles. The molecule has 0 saturated heterocycles. The minimum atomic E-state index is -0.439. The lowest BCUT2D eigenvalue weighted by molar-refractivity contribution is 0.292. The third-order valence-electron chi connectivity index (χ3n) is 3.57. The van der Waals surface area contributed by atoms with Crippen molar-refractivity contribution in [1.82, 2.24) is 0 Å². The second kappa shape index (κ2) is 4.27. The van der Waals surface area contributed by atoms with Gasteiger partial charge in [0, 0.05) is 16.1 Å². The minimum Gasteiger partial charge on any atom is -0.507 e. The molecule has 1 saturated carbocycles. The molecule has 3 N–H and O–H groups in total. The number of phenolic OH excluding ortho intramolecular Hbond substituents is 1. The maximum Gasteiger partial charge on any atom is 0.125 e. The van der Waals surface area contributed by atoms with Gasteiger partial charge >= 0.3 is 0 Å². The van der Waals surface area contributed by atoms with Crippen LogP contribution in [0.1, 0.15) is 43.2 Å². The molecule has 0 radical (unpaired) electrons. The Kier molecular flexibility index (Phi) is 3.13. The summed E-state index contributed by atoms with van der Waals surface area (Å²) in [6, 6.07) is 3.66. The topological polar surface area (TPSA) is 46.2 Å². The normalized spacial score (nSPS) is 19.7. The molecular weight excluding hydrogens is 222 g/mol. The minimum absolute atomic E-state index is 0.275. The maximum atomic E-state index is 10.1. The smallest absolute Gasteiger partial charge is 0.125 e. The van der Waals surface area contributed by atoms with Gasteiger partial charge in [-0.25, -0.2) is 0 Å². The van der Waals surface area contributed by atoms with Gasteiger partial charge in [-0.3, -0.25) is 0 Å². The fourth-order valence-electron chi connectivity index (χ4n) is 2.58. The Morgan fingerprint density at radius 2 is 1.88 bits per heavy atom. The third kappa shape index (κ3) is 1.92. The van der Waals surface area contributed by atoms with Crippen LogP contribution in [0.3, 0.4) is 0 Å². The Labute approximate surface area is 101 Å². The van der Waals surface area contributed by atoms with E-state index in [2.05, 4.69) is 0 Å². The second-order valence-electron chi connectivity index (χ2n) is 4.80. The quantitative estimate of drug-likeness (QED) is 0.788. The van der Waals surface area contributed by atoms with Crippen LogP contribution >= 0.6 is 11.6 Å². The van der Waals surface area contributed by atoms with Gasteiger partial charge in [-0.1, -0.05) is 36.9 Å². The third-order valence-corrected chi connectivity index (χ3v) is 3.89. The van der Waals surface area contributed by atoms with Crippen LogP contribution in [-0.4, -0.2) is 5.11 Å². The summed E-state index contributed by atoms with van der Waals surface area (Å²) < 4.78 is 0. The summed E-state index contributed by atoms with van der Waals surface area (Å²) in [4.78, 5) is 0. The zero-order valence-corrected chi connectivity index (χ0v) is 10.3. The van der Waals surface area contributed by atoms with Gasteiger partial charge in [-0.15, -0.1) is 0 Å². The van der Waals surface area contributed by atoms with E-state index in [4.69, 9.17) is 17.3 Å². The molecule has 0 heterocycles. The summed E-state index contributed by atoms with van der Waals surface area (Å²) in [7, 11) is 0. The Bertz CT molecular complexity index is 397. The fraction of sp³-hybridized carbons (Fsp3) is 0.538. The van der Waals surface area contributed by atoms with E-state index in [1.807, 2.05) is 19.1 Å². The highest BCUT2D eigenvalue weighted by molar-refractivity contribution is 6.31. The van der Waals surface area contributed by atoms with Crippen molar-refractivity contribution in [2.45, 2.75) is 44.6 Å². The molecule has 0 bridgehead atoms. The van der Waals surface area contributed by atoms with E-state index in [-0.39, 0.29) is 5.75 Å². The van der Waals surface area contributed by atoms with Crippen molar-refractivity contribution in [3.63, 3.8) is 0 Å². The Morgan fingerprint density at radius 3 is 2.50 bits per heavy atom. The van der Waals surface area contributed by atoms with Crippen LogP contribution in [-0.2, 0) is 5.54 Å². The molecule has 2 nitrogen and oxygen atoms in total. The first-order valence-corrected chi connectivity index (χ1v) is 6.20. The highest BCUT2D eigenvalue weighted by Gasteiger charge is 2.34. The summed E-state index contributed by atoms with van der Waals surface area (Å²) in [6.45, 7) is 1.88. The molecule has 0 aromatic heterocycles. The SMILES string of the molecule is Cc1ccc(Cl)c(C2(N)CCCCC2)c1O. The van der Waals surface area contributed by atoms with E-state index in [1.54, 1.807) is 0 Å². The number of aryl methyl sites for hydroxylation is 1. The first-order chi connectivity index (χ1) is 7.54. The van der Waals surface area contributed by atoms with Crippen molar-refractivity contribution in [2.75, 3.05) is 0 Å². The van der Waals surface area contributed by atoms with Gasteiger partial charge < -0.3 is 10.8 Å². The number of aromatic hydroxyl groups is 1. The van der Waals surface area contributed by atoms with Crippen molar-refractivity contribution >= 4 is 11.6 Å². The first kappa shape index (κ1) is 11.7. The summed E-state index contributed by atoms with van der Waals surface area (Å²) in [5, 5.41) is 10.7. The van der Waals surface area contributed by atoms with Gasteiger partial charge in [0.05, 0.1) is 0 Å². The molecule has 0 spiro atoms. The average Bonchev–Trinajstić information content (AvgIpc) is 2.25. The van der Waals surface area contributed by atoms with Crippen molar-refractivity contribution in [3.8, 4) is 5.75 Å². The number of hydrogen-bond donors (Lipinski definition) is 2. The molecule has 2 rings (SSSR count). The standard InChI is InChI=1S/C13H18ClNO/c1-9-5-6-10(14)11(12(9)16)13(15)7-3-2-4-8-13/h5-6,16H,2-4,7-8,15H2,1H3. The van der Waals surface area contributed by atoms with Crippen LogP contribution < -0.4 is 5.73 Å². The van der Waals surface area contributed by atoms with Crippen LogP contribution in [0.5, 0.6) is 5.75 Å². The summed E-state index contributed by atoms with van der Waals surface area (Å²) >= 11 is 6.18. The predicted octanol–water partition coefficient (Wildman–Crippen LogP) is 3.47. The van der Waals surface area contributed by atoms with Crippen molar-refractivity contribution < 1.29 is 5.11 Å². The van der Waals surface area contributed by atoms with Crippen molar-refractivity contribution in [3.05, 3.63) is 28.3 Å². The predicted molar refractivity (Wildman–Crippen MR) is 66.8 cm³/mol. The Morgan fingerprint density at radius 1 is 1.25 bits per heavy atom. The summed E-state index contributed by atoms with van der Waals surface area (Å²) in [5.41, 5.74) is 7.55. The molecule has 0 aliphatic heterocycles. The van der Waals surface area contributed by atoms with Gasteiger partial charge in [0.25, 0.3) is 0 Å². The Hall–Kier alpha value is -0.730.